The molecular formula is C16H11ClN4O2S2. The van der Waals surface area contributed by atoms with E-state index in [-0.39, 0.29) is 5.91 Å². The van der Waals surface area contributed by atoms with Crippen molar-refractivity contribution in [1.82, 2.24) is 15.4 Å². The minimum atomic E-state index is -0.321. The van der Waals surface area contributed by atoms with Crippen LogP contribution in [0.15, 0.2) is 36.4 Å². The fourth-order valence-electron chi connectivity index (χ4n) is 2.30. The van der Waals surface area contributed by atoms with Gasteiger partial charge in [0.05, 0.1) is 27.0 Å². The second-order valence-corrected chi connectivity index (χ2v) is 7.45. The van der Waals surface area contributed by atoms with Crippen LogP contribution in [0, 0.1) is 0 Å². The number of fused-ring (bicyclic) bond motifs is 2. The first kappa shape index (κ1) is 16.1. The highest BCUT2D eigenvalue weighted by molar-refractivity contribution is 7.23. The van der Waals surface area contributed by atoms with Gasteiger partial charge in [0.2, 0.25) is 5.13 Å². The van der Waals surface area contributed by atoms with Crippen LogP contribution in [0.2, 0.25) is 5.02 Å². The molecular weight excluding hydrogens is 380 g/mol. The van der Waals surface area contributed by atoms with Gasteiger partial charge in [-0.15, -0.1) is 11.3 Å². The standard InChI is InChI=1S/C16H11ClN4O2S2/c1-23-10-7-6-8(17)13-12(10)19-16(25-13)21-20-14(22)15-18-9-4-2-3-5-11(9)24-15/h2-7H,1H3,(H,19,21)(H,20,22). The van der Waals surface area contributed by atoms with Gasteiger partial charge in [-0.05, 0) is 24.3 Å². The minimum Gasteiger partial charge on any atom is -0.494 e. The molecule has 1 amide bonds. The number of halogens is 1. The van der Waals surface area contributed by atoms with Gasteiger partial charge in [-0.1, -0.05) is 35.1 Å². The predicted octanol–water partition coefficient (Wildman–Crippen LogP) is 4.32. The first-order valence-electron chi connectivity index (χ1n) is 7.20. The molecule has 0 unspecified atom stereocenters. The van der Waals surface area contributed by atoms with Gasteiger partial charge < -0.3 is 4.74 Å². The molecule has 2 aromatic carbocycles. The first-order chi connectivity index (χ1) is 12.2. The molecule has 4 aromatic rings. The number of nitrogens with one attached hydrogen (secondary N) is 2. The summed E-state index contributed by atoms with van der Waals surface area (Å²) < 4.78 is 7.04. The molecule has 25 heavy (non-hydrogen) atoms. The molecule has 0 atom stereocenters. The van der Waals surface area contributed by atoms with Crippen molar-refractivity contribution in [3.8, 4) is 5.75 Å². The molecule has 2 aromatic heterocycles. The summed E-state index contributed by atoms with van der Waals surface area (Å²) >= 11 is 8.86. The van der Waals surface area contributed by atoms with Gasteiger partial charge in [0.1, 0.15) is 11.3 Å². The van der Waals surface area contributed by atoms with Gasteiger partial charge in [0.25, 0.3) is 5.91 Å². The zero-order valence-corrected chi connectivity index (χ0v) is 15.3. The Balaban J connectivity index is 1.55. The largest absolute Gasteiger partial charge is 0.494 e. The zero-order chi connectivity index (χ0) is 17.4. The molecule has 0 saturated heterocycles. The second-order valence-electron chi connectivity index (χ2n) is 5.01. The van der Waals surface area contributed by atoms with Crippen molar-refractivity contribution in [2.45, 2.75) is 0 Å². The van der Waals surface area contributed by atoms with Crippen molar-refractivity contribution in [1.29, 1.82) is 0 Å². The number of aromatic nitrogens is 2. The molecule has 0 radical (unpaired) electrons. The minimum absolute atomic E-state index is 0.321. The van der Waals surface area contributed by atoms with E-state index in [2.05, 4.69) is 20.8 Å². The van der Waals surface area contributed by atoms with Crippen LogP contribution in [-0.4, -0.2) is 23.0 Å². The Morgan fingerprint density at radius 2 is 2.00 bits per heavy atom. The van der Waals surface area contributed by atoms with E-state index < -0.39 is 0 Å². The first-order valence-corrected chi connectivity index (χ1v) is 9.22. The molecule has 4 rings (SSSR count). The van der Waals surface area contributed by atoms with Crippen molar-refractivity contribution in [3.63, 3.8) is 0 Å². The molecule has 9 heteroatoms. The van der Waals surface area contributed by atoms with E-state index >= 15 is 0 Å². The molecule has 0 aliphatic carbocycles. The summed E-state index contributed by atoms with van der Waals surface area (Å²) in [6.07, 6.45) is 0. The number of amides is 1. The van der Waals surface area contributed by atoms with Crippen molar-refractivity contribution in [3.05, 3.63) is 46.4 Å². The van der Waals surface area contributed by atoms with Crippen LogP contribution < -0.4 is 15.6 Å². The Bertz CT molecular complexity index is 1060. The van der Waals surface area contributed by atoms with Crippen LogP contribution in [0.25, 0.3) is 20.4 Å². The fraction of sp³-hybridized carbons (Fsp3) is 0.0625. The number of hydrazine groups is 1. The molecule has 0 bridgehead atoms. The highest BCUT2D eigenvalue weighted by Gasteiger charge is 2.15. The number of para-hydroxylation sites is 1. The molecule has 0 saturated carbocycles. The van der Waals surface area contributed by atoms with Gasteiger partial charge in [0, 0.05) is 0 Å². The Hall–Kier alpha value is -2.42. The molecule has 126 valence electrons. The summed E-state index contributed by atoms with van der Waals surface area (Å²) in [7, 11) is 1.57. The molecule has 2 N–H and O–H groups in total. The fourth-order valence-corrected chi connectivity index (χ4v) is 4.27. The van der Waals surface area contributed by atoms with Crippen LogP contribution in [0.4, 0.5) is 5.13 Å². The van der Waals surface area contributed by atoms with Crippen LogP contribution in [0.1, 0.15) is 9.80 Å². The smallest absolute Gasteiger partial charge is 0.298 e. The Kier molecular flexibility index (Phi) is 4.16. The number of carbonyl (C=O) groups is 1. The van der Waals surface area contributed by atoms with Gasteiger partial charge in [-0.3, -0.25) is 15.6 Å². The molecule has 0 spiro atoms. The predicted molar refractivity (Wildman–Crippen MR) is 102 cm³/mol. The monoisotopic (exact) mass is 390 g/mol. The van der Waals surface area contributed by atoms with Crippen molar-refractivity contribution in [2.75, 3.05) is 12.5 Å². The van der Waals surface area contributed by atoms with Gasteiger partial charge in [-0.25, -0.2) is 9.97 Å². The lowest BCUT2D eigenvalue weighted by Crippen LogP contribution is -2.29. The SMILES string of the molecule is COc1ccc(Cl)c2sc(NNC(=O)c3nc4ccccc4s3)nc12. The Labute approximate surface area is 155 Å². The lowest BCUT2D eigenvalue weighted by atomic mass is 10.3. The Morgan fingerprint density at radius 3 is 2.80 bits per heavy atom. The molecule has 6 nitrogen and oxygen atoms in total. The van der Waals surface area contributed by atoms with Gasteiger partial charge in [0.15, 0.2) is 5.01 Å². The number of carbonyl (C=O) groups excluding carboxylic acids is 1. The van der Waals surface area contributed by atoms with Crippen LogP contribution in [-0.2, 0) is 0 Å². The maximum absolute atomic E-state index is 12.3. The summed E-state index contributed by atoms with van der Waals surface area (Å²) in [6, 6.07) is 11.1. The summed E-state index contributed by atoms with van der Waals surface area (Å²) in [4.78, 5) is 21.0. The van der Waals surface area contributed by atoms with E-state index in [4.69, 9.17) is 16.3 Å². The van der Waals surface area contributed by atoms with Gasteiger partial charge >= 0.3 is 0 Å². The van der Waals surface area contributed by atoms with E-state index in [1.165, 1.54) is 22.7 Å². The lowest BCUT2D eigenvalue weighted by molar-refractivity contribution is 0.0962. The maximum atomic E-state index is 12.3. The van der Waals surface area contributed by atoms with Gasteiger partial charge in [-0.2, -0.15) is 0 Å². The number of nitrogens with zero attached hydrogens (tertiary/aromatic N) is 2. The van der Waals surface area contributed by atoms with E-state index in [0.29, 0.717) is 26.4 Å². The average molecular weight is 391 g/mol. The summed E-state index contributed by atoms with van der Waals surface area (Å²) in [5.74, 6) is 0.305. The van der Waals surface area contributed by atoms with Crippen molar-refractivity contribution in [2.24, 2.45) is 0 Å². The molecule has 0 aliphatic heterocycles. The van der Waals surface area contributed by atoms with Crippen LogP contribution in [0.3, 0.4) is 0 Å². The number of benzene rings is 2. The number of rotatable bonds is 4. The van der Waals surface area contributed by atoms with E-state index in [0.717, 1.165) is 14.9 Å². The topological polar surface area (TPSA) is 76.1 Å². The number of anilines is 1. The molecule has 0 fully saturated rings. The normalized spacial score (nSPS) is 11.0. The van der Waals surface area contributed by atoms with E-state index in [1.807, 2.05) is 24.3 Å². The highest BCUT2D eigenvalue weighted by Crippen LogP contribution is 2.37. The number of ether oxygens (including phenoxy) is 1. The summed E-state index contributed by atoms with van der Waals surface area (Å²) in [6.45, 7) is 0. The van der Waals surface area contributed by atoms with Crippen LogP contribution >= 0.6 is 34.3 Å². The third kappa shape index (κ3) is 2.99. The number of methoxy groups -OCH3 is 1. The Morgan fingerprint density at radius 1 is 1.16 bits per heavy atom. The van der Waals surface area contributed by atoms with Crippen molar-refractivity contribution < 1.29 is 9.53 Å². The maximum Gasteiger partial charge on any atom is 0.298 e. The molecule has 0 aliphatic rings. The highest BCUT2D eigenvalue weighted by atomic mass is 35.5. The van der Waals surface area contributed by atoms with Crippen molar-refractivity contribution >= 4 is 65.7 Å². The third-order valence-corrected chi connectivity index (χ3v) is 5.92. The van der Waals surface area contributed by atoms with Crippen LogP contribution in [0.5, 0.6) is 5.75 Å². The number of hydrogen-bond donors (Lipinski definition) is 2. The quantitative estimate of drug-likeness (QED) is 0.507. The zero-order valence-electron chi connectivity index (χ0n) is 12.9. The lowest BCUT2D eigenvalue weighted by Gasteiger charge is -2.02. The summed E-state index contributed by atoms with van der Waals surface area (Å²) in [5, 5.41) is 1.47. The average Bonchev–Trinajstić information content (AvgIpc) is 3.24. The second kappa shape index (κ2) is 6.47. The molecule has 2 heterocycles. The summed E-state index contributed by atoms with van der Waals surface area (Å²) in [5.41, 5.74) is 6.88. The van der Waals surface area contributed by atoms with E-state index in [1.54, 1.807) is 19.2 Å². The number of thiazole rings is 2. The third-order valence-electron chi connectivity index (χ3n) is 3.45. The number of hydrogen-bond acceptors (Lipinski definition) is 7. The van der Waals surface area contributed by atoms with E-state index in [9.17, 15) is 4.79 Å².